The average Bonchev–Trinajstić information content (AvgIpc) is 3.08. The highest BCUT2D eigenvalue weighted by Crippen LogP contribution is 2.30. The van der Waals surface area contributed by atoms with Crippen molar-refractivity contribution < 1.29 is 9.59 Å². The Kier molecular flexibility index (Phi) is 2.21. The third-order valence-electron chi connectivity index (χ3n) is 3.33. The molecule has 0 radical (unpaired) electrons. The lowest BCUT2D eigenvalue weighted by molar-refractivity contribution is 0.0883. The number of hydrogen-bond acceptors (Lipinski definition) is 3. The van der Waals surface area contributed by atoms with E-state index in [-0.39, 0.29) is 11.6 Å². The minimum absolute atomic E-state index is 0.0903. The van der Waals surface area contributed by atoms with Crippen molar-refractivity contribution in [3.63, 3.8) is 0 Å². The summed E-state index contributed by atoms with van der Waals surface area (Å²) in [6, 6.07) is 7.37. The van der Waals surface area contributed by atoms with Gasteiger partial charge < -0.3 is 0 Å². The summed E-state index contributed by atoms with van der Waals surface area (Å²) in [6.07, 6.45) is 2.17. The van der Waals surface area contributed by atoms with Crippen LogP contribution in [-0.4, -0.2) is 23.3 Å². The van der Waals surface area contributed by atoms with E-state index >= 15 is 0 Å². The molecule has 3 rings (SSSR count). The van der Waals surface area contributed by atoms with Crippen LogP contribution in [0.5, 0.6) is 0 Å². The highest BCUT2D eigenvalue weighted by atomic mass is 16.2. The number of benzene rings is 1. The Labute approximate surface area is 99.6 Å². The van der Waals surface area contributed by atoms with Crippen LogP contribution in [0.4, 0.5) is 0 Å². The van der Waals surface area contributed by atoms with Crippen molar-refractivity contribution in [2.45, 2.75) is 25.8 Å². The van der Waals surface area contributed by atoms with E-state index in [1.807, 2.05) is 0 Å². The molecule has 3 nitrogen and oxygen atoms in total. The summed E-state index contributed by atoms with van der Waals surface area (Å²) in [5.41, 5.74) is 1.78. The van der Waals surface area contributed by atoms with Gasteiger partial charge >= 0.3 is 0 Å². The zero-order valence-electron chi connectivity index (χ0n) is 9.64. The zero-order chi connectivity index (χ0) is 12.0. The van der Waals surface area contributed by atoms with E-state index in [1.54, 1.807) is 31.2 Å². The first-order valence-electron chi connectivity index (χ1n) is 5.90. The van der Waals surface area contributed by atoms with Gasteiger partial charge in [-0.15, -0.1) is 0 Å². The van der Waals surface area contributed by atoms with Crippen molar-refractivity contribution in [2.75, 3.05) is 0 Å². The molecule has 3 heteroatoms. The average molecular weight is 227 g/mol. The van der Waals surface area contributed by atoms with Crippen molar-refractivity contribution in [3.8, 4) is 0 Å². The second-order valence-electron chi connectivity index (χ2n) is 4.71. The Morgan fingerprint density at radius 2 is 1.65 bits per heavy atom. The number of ketones is 2. The lowest BCUT2D eigenvalue weighted by atomic mass is 9.99. The first-order valence-corrected chi connectivity index (χ1v) is 5.90. The third kappa shape index (κ3) is 1.62. The van der Waals surface area contributed by atoms with Crippen molar-refractivity contribution in [3.05, 3.63) is 35.4 Å². The van der Waals surface area contributed by atoms with E-state index in [0.29, 0.717) is 22.9 Å². The summed E-state index contributed by atoms with van der Waals surface area (Å²) in [7, 11) is 0. The fourth-order valence-electron chi connectivity index (χ4n) is 2.29. The quantitative estimate of drug-likeness (QED) is 0.575. The minimum Gasteiger partial charge on any atom is -0.293 e. The Morgan fingerprint density at radius 3 is 2.12 bits per heavy atom. The van der Waals surface area contributed by atoms with E-state index < -0.39 is 5.92 Å². The normalized spacial score (nSPS) is 20.9. The maximum Gasteiger partial charge on any atom is 0.180 e. The molecular weight excluding hydrogens is 214 g/mol. The molecular formula is C14H13NO2. The smallest absolute Gasteiger partial charge is 0.180 e. The van der Waals surface area contributed by atoms with Crippen LogP contribution in [0.2, 0.25) is 0 Å². The van der Waals surface area contributed by atoms with E-state index in [2.05, 4.69) is 4.99 Å². The van der Waals surface area contributed by atoms with Gasteiger partial charge in [-0.3, -0.25) is 14.6 Å². The largest absolute Gasteiger partial charge is 0.293 e. The molecule has 0 unspecified atom stereocenters. The Morgan fingerprint density at radius 1 is 1.12 bits per heavy atom. The van der Waals surface area contributed by atoms with Gasteiger partial charge in [0.25, 0.3) is 0 Å². The van der Waals surface area contributed by atoms with E-state index in [4.69, 9.17) is 0 Å². The maximum atomic E-state index is 12.1. The number of fused-ring (bicyclic) bond motifs is 1. The summed E-state index contributed by atoms with van der Waals surface area (Å²) in [5.74, 6) is -0.840. The molecule has 1 aromatic carbocycles. The molecule has 0 saturated heterocycles. The van der Waals surface area contributed by atoms with Gasteiger partial charge in [0.15, 0.2) is 11.6 Å². The number of nitrogens with zero attached hydrogens (tertiary/aromatic N) is 1. The number of carbonyl (C=O) groups excluding carboxylic acids is 2. The second-order valence-corrected chi connectivity index (χ2v) is 4.71. The maximum absolute atomic E-state index is 12.1. The first-order chi connectivity index (χ1) is 8.18. The van der Waals surface area contributed by atoms with Crippen LogP contribution in [0, 0.1) is 5.92 Å². The van der Waals surface area contributed by atoms with Crippen molar-refractivity contribution in [1.29, 1.82) is 0 Å². The Hall–Kier alpha value is -1.77. The lowest BCUT2D eigenvalue weighted by Gasteiger charge is -2.05. The molecule has 0 N–H and O–H groups in total. The van der Waals surface area contributed by atoms with Crippen LogP contribution in [-0.2, 0) is 0 Å². The summed E-state index contributed by atoms with van der Waals surface area (Å²) < 4.78 is 0. The van der Waals surface area contributed by atoms with E-state index in [1.165, 1.54) is 0 Å². The second kappa shape index (κ2) is 3.62. The molecule has 2 aliphatic carbocycles. The predicted octanol–water partition coefficient (Wildman–Crippen LogP) is 2.31. The number of rotatable bonds is 2. The number of aliphatic imine (C=N–C) groups is 1. The number of hydrogen-bond donors (Lipinski definition) is 0. The molecule has 1 saturated carbocycles. The molecule has 1 aromatic rings. The van der Waals surface area contributed by atoms with Crippen molar-refractivity contribution in [1.82, 2.24) is 0 Å². The molecule has 0 atom stereocenters. The first kappa shape index (κ1) is 10.4. The van der Waals surface area contributed by atoms with Crippen LogP contribution >= 0.6 is 0 Å². The van der Waals surface area contributed by atoms with Gasteiger partial charge in [-0.1, -0.05) is 24.3 Å². The van der Waals surface area contributed by atoms with Crippen LogP contribution < -0.4 is 0 Å². The van der Waals surface area contributed by atoms with E-state index in [0.717, 1.165) is 12.8 Å². The molecule has 0 aliphatic heterocycles. The number of Topliss-reactive ketones (excluding diaryl/α,β-unsaturated/α-hetero) is 2. The van der Waals surface area contributed by atoms with Crippen LogP contribution in [0.25, 0.3) is 0 Å². The molecule has 0 heterocycles. The van der Waals surface area contributed by atoms with Crippen molar-refractivity contribution in [2.24, 2.45) is 10.9 Å². The monoisotopic (exact) mass is 227 g/mol. The Balaban J connectivity index is 2.00. The van der Waals surface area contributed by atoms with Gasteiger partial charge in [0, 0.05) is 16.8 Å². The number of carbonyl (C=O) groups is 2. The van der Waals surface area contributed by atoms with Gasteiger partial charge in [-0.2, -0.15) is 0 Å². The molecule has 2 aliphatic rings. The molecule has 0 amide bonds. The molecule has 0 spiro atoms. The van der Waals surface area contributed by atoms with Gasteiger partial charge in [-0.25, -0.2) is 0 Å². The fraction of sp³-hybridized carbons (Fsp3) is 0.357. The standard InChI is InChI=1S/C14H13NO2/c1-8(15-9-6-7-9)12-13(16)10-4-2-3-5-11(10)14(12)17/h2-5,9,12H,6-7H2,1H3. The zero-order valence-corrected chi connectivity index (χ0v) is 9.64. The van der Waals surface area contributed by atoms with Gasteiger partial charge in [-0.05, 0) is 19.8 Å². The minimum atomic E-state index is -0.659. The van der Waals surface area contributed by atoms with Gasteiger partial charge in [0.1, 0.15) is 5.92 Å². The predicted molar refractivity (Wildman–Crippen MR) is 64.7 cm³/mol. The molecule has 86 valence electrons. The lowest BCUT2D eigenvalue weighted by Crippen LogP contribution is -2.23. The summed E-state index contributed by atoms with van der Waals surface area (Å²) in [6.45, 7) is 1.80. The van der Waals surface area contributed by atoms with Crippen molar-refractivity contribution >= 4 is 17.3 Å². The topological polar surface area (TPSA) is 46.5 Å². The Bertz CT molecular complexity index is 506. The molecule has 0 aromatic heterocycles. The van der Waals surface area contributed by atoms with Gasteiger partial charge in [0.2, 0.25) is 0 Å². The van der Waals surface area contributed by atoms with Crippen LogP contribution in [0.15, 0.2) is 29.3 Å². The van der Waals surface area contributed by atoms with Gasteiger partial charge in [0.05, 0.1) is 6.04 Å². The highest BCUT2D eigenvalue weighted by molar-refractivity contribution is 6.36. The van der Waals surface area contributed by atoms with E-state index in [9.17, 15) is 9.59 Å². The molecule has 17 heavy (non-hydrogen) atoms. The van der Waals surface area contributed by atoms with Crippen LogP contribution in [0.3, 0.4) is 0 Å². The molecule has 1 fully saturated rings. The molecule has 0 bridgehead atoms. The third-order valence-corrected chi connectivity index (χ3v) is 3.33. The van der Waals surface area contributed by atoms with Crippen LogP contribution in [0.1, 0.15) is 40.5 Å². The summed E-state index contributed by atoms with van der Waals surface area (Å²) >= 11 is 0. The SMILES string of the molecule is CC(=NC1CC1)C1C(=O)c2ccccc2C1=O. The summed E-state index contributed by atoms with van der Waals surface area (Å²) in [5, 5.41) is 0. The summed E-state index contributed by atoms with van der Waals surface area (Å²) in [4.78, 5) is 28.7. The fourth-order valence-corrected chi connectivity index (χ4v) is 2.29. The highest BCUT2D eigenvalue weighted by Gasteiger charge is 2.40.